The Morgan fingerprint density at radius 1 is 0.355 bits per heavy atom. The largest absolute Gasteiger partial charge is 0.394 e. The first-order valence-corrected chi connectivity index (χ1v) is 12.5. The molecular formula is C24H50O7. The molecule has 7 heteroatoms. The topological polar surface area (TPSA) is 75.6 Å². The van der Waals surface area contributed by atoms with Crippen LogP contribution in [-0.4, -0.2) is 91.0 Å². The zero-order valence-electron chi connectivity index (χ0n) is 20.2. The van der Waals surface area contributed by atoms with Gasteiger partial charge in [0.25, 0.3) is 0 Å². The molecule has 0 heterocycles. The summed E-state index contributed by atoms with van der Waals surface area (Å²) in [7, 11) is 0. The molecule has 0 aliphatic heterocycles. The normalized spacial score (nSPS) is 11.4. The molecule has 0 bridgehead atoms. The van der Waals surface area contributed by atoms with E-state index in [1.807, 2.05) is 0 Å². The summed E-state index contributed by atoms with van der Waals surface area (Å²) in [6, 6.07) is 0. The van der Waals surface area contributed by atoms with E-state index in [9.17, 15) is 0 Å². The fourth-order valence-electron chi connectivity index (χ4n) is 2.96. The predicted octanol–water partition coefficient (Wildman–Crippen LogP) is 4.00. The highest BCUT2D eigenvalue weighted by molar-refractivity contribution is 4.47. The third-order valence-electron chi connectivity index (χ3n) is 4.74. The summed E-state index contributed by atoms with van der Waals surface area (Å²) in [5.41, 5.74) is 0. The van der Waals surface area contributed by atoms with Crippen molar-refractivity contribution in [3.63, 3.8) is 0 Å². The first kappa shape index (κ1) is 30.7. The van der Waals surface area contributed by atoms with E-state index >= 15 is 0 Å². The molecule has 0 radical (unpaired) electrons. The van der Waals surface area contributed by atoms with Crippen LogP contribution in [0.25, 0.3) is 0 Å². The summed E-state index contributed by atoms with van der Waals surface area (Å²) in [6.07, 6.45) is 13.5. The van der Waals surface area contributed by atoms with Gasteiger partial charge < -0.3 is 33.5 Å². The minimum Gasteiger partial charge on any atom is -0.394 e. The van der Waals surface area contributed by atoms with Crippen molar-refractivity contribution in [1.29, 1.82) is 0 Å². The highest BCUT2D eigenvalue weighted by Gasteiger charge is 1.95. The molecule has 0 saturated heterocycles. The predicted molar refractivity (Wildman–Crippen MR) is 124 cm³/mol. The molecule has 0 rings (SSSR count). The van der Waals surface area contributed by atoms with Crippen molar-refractivity contribution in [2.45, 2.75) is 71.1 Å². The average molecular weight is 451 g/mol. The van der Waals surface area contributed by atoms with E-state index in [0.717, 1.165) is 13.0 Å². The van der Waals surface area contributed by atoms with Gasteiger partial charge >= 0.3 is 0 Å². The molecule has 0 aromatic heterocycles. The summed E-state index contributed by atoms with van der Waals surface area (Å²) in [5, 5.41) is 8.55. The Balaban J connectivity index is 2.98. The summed E-state index contributed by atoms with van der Waals surface area (Å²) in [5.74, 6) is 0. The van der Waals surface area contributed by atoms with Crippen molar-refractivity contribution in [3.05, 3.63) is 0 Å². The number of hydrogen-bond acceptors (Lipinski definition) is 7. The fraction of sp³-hybridized carbons (Fsp3) is 1.00. The third kappa shape index (κ3) is 29.7. The molecule has 31 heavy (non-hydrogen) atoms. The standard InChI is InChI=1S/C24H50O7/c1-2-3-4-5-6-7-8-9-10-11-13-26-15-17-28-19-21-30-23-24-31-22-20-29-18-16-27-14-12-25/h25H,2-24H2,1H3. The van der Waals surface area contributed by atoms with Crippen LogP contribution in [0, 0.1) is 0 Å². The van der Waals surface area contributed by atoms with Crippen molar-refractivity contribution < 1.29 is 33.5 Å². The van der Waals surface area contributed by atoms with E-state index in [-0.39, 0.29) is 6.61 Å². The van der Waals surface area contributed by atoms with Crippen LogP contribution < -0.4 is 0 Å². The molecule has 0 unspecified atom stereocenters. The zero-order valence-corrected chi connectivity index (χ0v) is 20.2. The number of hydrogen-bond donors (Lipinski definition) is 1. The van der Waals surface area contributed by atoms with Crippen LogP contribution >= 0.6 is 0 Å². The maximum atomic E-state index is 8.55. The lowest BCUT2D eigenvalue weighted by molar-refractivity contribution is -0.0182. The van der Waals surface area contributed by atoms with Gasteiger partial charge in [0, 0.05) is 6.61 Å². The second-order valence-electron chi connectivity index (χ2n) is 7.58. The van der Waals surface area contributed by atoms with Crippen LogP contribution in [0.5, 0.6) is 0 Å². The van der Waals surface area contributed by atoms with Crippen LogP contribution in [0.4, 0.5) is 0 Å². The average Bonchev–Trinajstić information content (AvgIpc) is 2.78. The van der Waals surface area contributed by atoms with Crippen LogP contribution in [-0.2, 0) is 28.4 Å². The molecule has 0 atom stereocenters. The van der Waals surface area contributed by atoms with Gasteiger partial charge in [0.1, 0.15) is 0 Å². The summed E-state index contributed by atoms with van der Waals surface area (Å²) < 4.78 is 32.4. The monoisotopic (exact) mass is 450 g/mol. The van der Waals surface area contributed by atoms with Gasteiger partial charge in [0.2, 0.25) is 0 Å². The Hall–Kier alpha value is -0.280. The molecule has 0 aromatic rings. The minimum atomic E-state index is 0.0430. The Bertz CT molecular complexity index is 278. The second kappa shape index (κ2) is 29.7. The molecule has 0 aromatic carbocycles. The molecule has 188 valence electrons. The number of ether oxygens (including phenoxy) is 6. The Morgan fingerprint density at radius 3 is 1.00 bits per heavy atom. The van der Waals surface area contributed by atoms with Crippen molar-refractivity contribution in [1.82, 2.24) is 0 Å². The van der Waals surface area contributed by atoms with Crippen molar-refractivity contribution in [2.75, 3.05) is 85.9 Å². The molecule has 7 nitrogen and oxygen atoms in total. The molecular weight excluding hydrogens is 400 g/mol. The lowest BCUT2D eigenvalue weighted by Gasteiger charge is -2.08. The molecule has 0 aliphatic carbocycles. The SMILES string of the molecule is CCCCCCCCCCCCOCCOCCOCCOCCOCCOCCO. The molecule has 1 N–H and O–H groups in total. The maximum Gasteiger partial charge on any atom is 0.0701 e. The smallest absolute Gasteiger partial charge is 0.0701 e. The van der Waals surface area contributed by atoms with Gasteiger partial charge in [-0.05, 0) is 6.42 Å². The number of rotatable bonds is 28. The lowest BCUT2D eigenvalue weighted by atomic mass is 10.1. The molecule has 0 fully saturated rings. The Kier molecular flexibility index (Phi) is 29.5. The fourth-order valence-corrected chi connectivity index (χ4v) is 2.96. The first-order valence-electron chi connectivity index (χ1n) is 12.5. The number of unbranched alkanes of at least 4 members (excludes halogenated alkanes) is 9. The van der Waals surface area contributed by atoms with Crippen molar-refractivity contribution >= 4 is 0 Å². The van der Waals surface area contributed by atoms with E-state index in [1.165, 1.54) is 57.8 Å². The highest BCUT2D eigenvalue weighted by Crippen LogP contribution is 2.10. The summed E-state index contributed by atoms with van der Waals surface area (Å²) in [4.78, 5) is 0. The van der Waals surface area contributed by atoms with Crippen LogP contribution in [0.3, 0.4) is 0 Å². The van der Waals surface area contributed by atoms with E-state index in [0.29, 0.717) is 72.7 Å². The van der Waals surface area contributed by atoms with Gasteiger partial charge in [0.15, 0.2) is 0 Å². The summed E-state index contributed by atoms with van der Waals surface area (Å²) >= 11 is 0. The van der Waals surface area contributed by atoms with Gasteiger partial charge in [-0.25, -0.2) is 0 Å². The van der Waals surface area contributed by atoms with Crippen LogP contribution in [0.2, 0.25) is 0 Å². The Morgan fingerprint density at radius 2 is 0.645 bits per heavy atom. The van der Waals surface area contributed by atoms with E-state index in [2.05, 4.69) is 6.92 Å². The second-order valence-corrected chi connectivity index (χ2v) is 7.58. The molecule has 0 spiro atoms. The van der Waals surface area contributed by atoms with Crippen LogP contribution in [0.15, 0.2) is 0 Å². The first-order chi connectivity index (χ1) is 15.4. The molecule has 0 amide bonds. The quantitative estimate of drug-likeness (QED) is 0.181. The minimum absolute atomic E-state index is 0.0430. The summed E-state index contributed by atoms with van der Waals surface area (Å²) in [6.45, 7) is 9.12. The van der Waals surface area contributed by atoms with E-state index < -0.39 is 0 Å². The van der Waals surface area contributed by atoms with Crippen LogP contribution in [0.1, 0.15) is 71.1 Å². The number of aliphatic hydroxyl groups is 1. The van der Waals surface area contributed by atoms with Gasteiger partial charge in [-0.1, -0.05) is 64.7 Å². The van der Waals surface area contributed by atoms with Gasteiger partial charge in [-0.15, -0.1) is 0 Å². The highest BCUT2D eigenvalue weighted by atomic mass is 16.6. The molecule has 0 saturated carbocycles. The van der Waals surface area contributed by atoms with E-state index in [1.54, 1.807) is 0 Å². The maximum absolute atomic E-state index is 8.55. The van der Waals surface area contributed by atoms with Gasteiger partial charge in [-0.2, -0.15) is 0 Å². The lowest BCUT2D eigenvalue weighted by Crippen LogP contribution is -2.14. The third-order valence-corrected chi connectivity index (χ3v) is 4.74. The van der Waals surface area contributed by atoms with Crippen molar-refractivity contribution in [3.8, 4) is 0 Å². The zero-order chi connectivity index (χ0) is 22.5. The molecule has 0 aliphatic rings. The number of aliphatic hydroxyl groups excluding tert-OH is 1. The van der Waals surface area contributed by atoms with Crippen molar-refractivity contribution in [2.24, 2.45) is 0 Å². The Labute approximate surface area is 191 Å². The van der Waals surface area contributed by atoms with Gasteiger partial charge in [-0.3, -0.25) is 0 Å². The van der Waals surface area contributed by atoms with E-state index in [4.69, 9.17) is 33.5 Å². The van der Waals surface area contributed by atoms with Gasteiger partial charge in [0.05, 0.1) is 79.3 Å².